The highest BCUT2D eigenvalue weighted by Gasteiger charge is 2.30. The summed E-state index contributed by atoms with van der Waals surface area (Å²) in [5.41, 5.74) is 1.70. The largest absolute Gasteiger partial charge is 0.396 e. The van der Waals surface area contributed by atoms with Crippen molar-refractivity contribution in [3.05, 3.63) is 29.2 Å². The van der Waals surface area contributed by atoms with Crippen LogP contribution in [0.1, 0.15) is 23.1 Å². The monoisotopic (exact) mass is 260 g/mol. The molecule has 0 N–H and O–H groups in total. The molecule has 2 aromatic heterocycles. The van der Waals surface area contributed by atoms with Crippen molar-refractivity contribution in [2.75, 3.05) is 0 Å². The number of hydrogen-bond acceptors (Lipinski definition) is 4. The summed E-state index contributed by atoms with van der Waals surface area (Å²) in [6.45, 7) is 3.84. The number of hydrogen-bond donors (Lipinski definition) is 0. The van der Waals surface area contributed by atoms with E-state index in [-0.39, 0.29) is 18.3 Å². The standard InChI is InChI=1S/C10H11F3N4O/c1-6-3-7(2)17(15-6)5-9-14-8(16-18-9)4-10(11,12)13/h3H,4-5H2,1-2H3. The second-order valence-electron chi connectivity index (χ2n) is 3.98. The Balaban J connectivity index is 2.09. The summed E-state index contributed by atoms with van der Waals surface area (Å²) in [6.07, 6.45) is -5.52. The minimum absolute atomic E-state index is 0.112. The van der Waals surface area contributed by atoms with E-state index in [4.69, 9.17) is 4.52 Å². The molecule has 2 aromatic rings. The highest BCUT2D eigenvalue weighted by molar-refractivity contribution is 5.07. The molecule has 0 radical (unpaired) electrons. The predicted molar refractivity (Wildman–Crippen MR) is 54.9 cm³/mol. The molecule has 0 amide bonds. The highest BCUT2D eigenvalue weighted by Crippen LogP contribution is 2.19. The van der Waals surface area contributed by atoms with Crippen LogP contribution < -0.4 is 0 Å². The molecule has 98 valence electrons. The minimum Gasteiger partial charge on any atom is -0.337 e. The van der Waals surface area contributed by atoms with Gasteiger partial charge < -0.3 is 4.52 Å². The van der Waals surface area contributed by atoms with Gasteiger partial charge in [-0.15, -0.1) is 0 Å². The van der Waals surface area contributed by atoms with Gasteiger partial charge in [0.1, 0.15) is 13.0 Å². The lowest BCUT2D eigenvalue weighted by molar-refractivity contribution is -0.128. The number of halogens is 3. The Hall–Kier alpha value is -1.86. The van der Waals surface area contributed by atoms with Crippen LogP contribution in [0.15, 0.2) is 10.6 Å². The summed E-state index contributed by atoms with van der Waals surface area (Å²) >= 11 is 0. The van der Waals surface area contributed by atoms with E-state index in [1.165, 1.54) is 0 Å². The Morgan fingerprint density at radius 1 is 1.33 bits per heavy atom. The van der Waals surface area contributed by atoms with E-state index in [0.717, 1.165) is 11.4 Å². The van der Waals surface area contributed by atoms with Gasteiger partial charge >= 0.3 is 6.18 Å². The van der Waals surface area contributed by atoms with E-state index in [2.05, 4.69) is 15.2 Å². The molecule has 5 nitrogen and oxygen atoms in total. The van der Waals surface area contributed by atoms with Crippen molar-refractivity contribution in [3.8, 4) is 0 Å². The molecule has 18 heavy (non-hydrogen) atoms. The van der Waals surface area contributed by atoms with Crippen LogP contribution in [-0.4, -0.2) is 26.1 Å². The second kappa shape index (κ2) is 4.43. The van der Waals surface area contributed by atoms with Crippen molar-refractivity contribution >= 4 is 0 Å². The Morgan fingerprint density at radius 3 is 2.61 bits per heavy atom. The first kappa shape index (κ1) is 12.6. The number of alkyl halides is 3. The van der Waals surface area contributed by atoms with E-state index in [9.17, 15) is 13.2 Å². The molecule has 0 aliphatic heterocycles. The first-order valence-corrected chi connectivity index (χ1v) is 5.23. The summed E-state index contributed by atoms with van der Waals surface area (Å²) in [7, 11) is 0. The third kappa shape index (κ3) is 3.08. The molecule has 0 aromatic carbocycles. The van der Waals surface area contributed by atoms with Crippen LogP contribution in [0.3, 0.4) is 0 Å². The molecule has 0 bridgehead atoms. The molecule has 2 rings (SSSR count). The van der Waals surface area contributed by atoms with Crippen LogP contribution in [0, 0.1) is 13.8 Å². The topological polar surface area (TPSA) is 56.7 Å². The molecular formula is C10H11F3N4O. The molecule has 8 heteroatoms. The fourth-order valence-electron chi connectivity index (χ4n) is 1.57. The lowest BCUT2D eigenvalue weighted by Gasteiger charge is -2.00. The maximum atomic E-state index is 12.1. The van der Waals surface area contributed by atoms with Crippen LogP contribution in [0.4, 0.5) is 13.2 Å². The fraction of sp³-hybridized carbons (Fsp3) is 0.500. The predicted octanol–water partition coefficient (Wildman–Crippen LogP) is 2.04. The summed E-state index contributed by atoms with van der Waals surface area (Å²) in [5.74, 6) is -0.250. The third-order valence-corrected chi connectivity index (χ3v) is 2.26. The first-order chi connectivity index (χ1) is 8.33. The van der Waals surface area contributed by atoms with Crippen molar-refractivity contribution in [1.29, 1.82) is 0 Å². The summed E-state index contributed by atoms with van der Waals surface area (Å²) in [6, 6.07) is 1.85. The number of rotatable bonds is 3. The van der Waals surface area contributed by atoms with Gasteiger partial charge in [0.05, 0.1) is 5.69 Å². The molecule has 0 saturated carbocycles. The molecule has 2 heterocycles. The van der Waals surface area contributed by atoms with Gasteiger partial charge in [-0.3, -0.25) is 4.68 Å². The van der Waals surface area contributed by atoms with Gasteiger partial charge in [0.2, 0.25) is 5.89 Å². The van der Waals surface area contributed by atoms with Crippen molar-refractivity contribution in [3.63, 3.8) is 0 Å². The summed E-state index contributed by atoms with van der Waals surface area (Å²) < 4.78 is 42.7. The molecule has 0 saturated heterocycles. The van der Waals surface area contributed by atoms with E-state index in [0.29, 0.717) is 0 Å². The molecule has 0 unspecified atom stereocenters. The molecule has 0 aliphatic carbocycles. The van der Waals surface area contributed by atoms with Crippen molar-refractivity contribution < 1.29 is 17.7 Å². The van der Waals surface area contributed by atoms with E-state index in [1.807, 2.05) is 19.9 Å². The number of nitrogens with zero attached hydrogens (tertiary/aromatic N) is 4. The maximum absolute atomic E-state index is 12.1. The zero-order valence-corrected chi connectivity index (χ0v) is 9.82. The van der Waals surface area contributed by atoms with Crippen molar-refractivity contribution in [2.45, 2.75) is 33.0 Å². The summed E-state index contributed by atoms with van der Waals surface area (Å²) in [4.78, 5) is 3.68. The van der Waals surface area contributed by atoms with Crippen molar-refractivity contribution in [1.82, 2.24) is 19.9 Å². The van der Waals surface area contributed by atoms with Gasteiger partial charge in [-0.25, -0.2) is 0 Å². The Labute approximate surface area is 101 Å². The lowest BCUT2D eigenvalue weighted by Crippen LogP contribution is -2.12. The lowest BCUT2D eigenvalue weighted by atomic mass is 10.4. The molecule has 0 atom stereocenters. The zero-order valence-electron chi connectivity index (χ0n) is 9.82. The van der Waals surface area contributed by atoms with Crippen LogP contribution in [-0.2, 0) is 13.0 Å². The third-order valence-electron chi connectivity index (χ3n) is 2.26. The van der Waals surface area contributed by atoms with Gasteiger partial charge in [-0.1, -0.05) is 5.16 Å². The second-order valence-corrected chi connectivity index (χ2v) is 3.98. The van der Waals surface area contributed by atoms with E-state index in [1.54, 1.807) is 4.68 Å². The SMILES string of the molecule is Cc1cc(C)n(Cc2nc(CC(F)(F)F)no2)n1. The van der Waals surface area contributed by atoms with Crippen LogP contribution >= 0.6 is 0 Å². The van der Waals surface area contributed by atoms with Crippen molar-refractivity contribution in [2.24, 2.45) is 0 Å². The molecule has 0 fully saturated rings. The molecular weight excluding hydrogens is 249 g/mol. The van der Waals surface area contributed by atoms with Crippen LogP contribution in [0.25, 0.3) is 0 Å². The maximum Gasteiger partial charge on any atom is 0.396 e. The van der Waals surface area contributed by atoms with Gasteiger partial charge in [0.25, 0.3) is 0 Å². The van der Waals surface area contributed by atoms with Gasteiger partial charge in [-0.05, 0) is 19.9 Å². The highest BCUT2D eigenvalue weighted by atomic mass is 19.4. The summed E-state index contributed by atoms with van der Waals surface area (Å²) in [5, 5.41) is 7.44. The van der Waals surface area contributed by atoms with Gasteiger partial charge in [0.15, 0.2) is 5.82 Å². The normalized spacial score (nSPS) is 12.1. The number of aryl methyl sites for hydroxylation is 2. The van der Waals surface area contributed by atoms with Gasteiger partial charge in [-0.2, -0.15) is 23.3 Å². The van der Waals surface area contributed by atoms with E-state index < -0.39 is 12.6 Å². The van der Waals surface area contributed by atoms with Crippen LogP contribution in [0.2, 0.25) is 0 Å². The molecule has 0 aliphatic rings. The van der Waals surface area contributed by atoms with Gasteiger partial charge in [0, 0.05) is 5.69 Å². The first-order valence-electron chi connectivity index (χ1n) is 5.23. The smallest absolute Gasteiger partial charge is 0.337 e. The number of aromatic nitrogens is 4. The zero-order chi connectivity index (χ0) is 13.3. The minimum atomic E-state index is -4.33. The Kier molecular flexibility index (Phi) is 3.10. The average Bonchev–Trinajstić information content (AvgIpc) is 2.73. The Morgan fingerprint density at radius 2 is 2.06 bits per heavy atom. The van der Waals surface area contributed by atoms with Crippen LogP contribution in [0.5, 0.6) is 0 Å². The van der Waals surface area contributed by atoms with E-state index >= 15 is 0 Å². The Bertz CT molecular complexity index is 544. The quantitative estimate of drug-likeness (QED) is 0.847. The molecule has 0 spiro atoms. The fourth-order valence-corrected chi connectivity index (χ4v) is 1.57. The average molecular weight is 260 g/mol.